The van der Waals surface area contributed by atoms with Crippen LogP contribution in [-0.4, -0.2) is 25.0 Å². The predicted molar refractivity (Wildman–Crippen MR) is 51.8 cm³/mol. The van der Waals surface area contributed by atoms with Gasteiger partial charge in [-0.2, -0.15) is 0 Å². The van der Waals surface area contributed by atoms with Gasteiger partial charge in [0.2, 0.25) is 0 Å². The molecule has 0 radical (unpaired) electrons. The minimum absolute atomic E-state index is 1.19. The lowest BCUT2D eigenvalue weighted by molar-refractivity contribution is 0.341. The Morgan fingerprint density at radius 2 is 1.91 bits per heavy atom. The zero-order valence-electron chi connectivity index (χ0n) is 8.35. The molecule has 0 aromatic heterocycles. The van der Waals surface area contributed by atoms with Gasteiger partial charge in [-0.25, -0.2) is 0 Å². The average Bonchev–Trinajstić information content (AvgIpc) is 1.87. The summed E-state index contributed by atoms with van der Waals surface area (Å²) < 4.78 is 0. The molecule has 0 saturated heterocycles. The molecule has 66 valence electrons. The summed E-state index contributed by atoms with van der Waals surface area (Å²) in [6.45, 7) is 8.94. The highest BCUT2D eigenvalue weighted by Gasteiger charge is 1.92. The minimum Gasteiger partial charge on any atom is -0.306 e. The van der Waals surface area contributed by atoms with Gasteiger partial charge < -0.3 is 4.90 Å². The molecular formula is C10H21N. The van der Waals surface area contributed by atoms with Gasteiger partial charge in [-0.15, -0.1) is 0 Å². The van der Waals surface area contributed by atoms with Gasteiger partial charge in [0.1, 0.15) is 0 Å². The molecule has 0 rings (SSSR count). The largest absolute Gasteiger partial charge is 0.306 e. The minimum atomic E-state index is 1.19. The van der Waals surface area contributed by atoms with Crippen molar-refractivity contribution in [3.63, 3.8) is 0 Å². The topological polar surface area (TPSA) is 3.24 Å². The molecule has 0 atom stereocenters. The van der Waals surface area contributed by atoms with E-state index in [0.717, 1.165) is 0 Å². The molecule has 0 aliphatic rings. The summed E-state index contributed by atoms with van der Waals surface area (Å²) in [6, 6.07) is 0. The highest BCUT2D eigenvalue weighted by Crippen LogP contribution is 1.95. The van der Waals surface area contributed by atoms with Crippen LogP contribution in [-0.2, 0) is 0 Å². The van der Waals surface area contributed by atoms with E-state index >= 15 is 0 Å². The third-order valence-corrected chi connectivity index (χ3v) is 1.67. The highest BCUT2D eigenvalue weighted by molar-refractivity contribution is 4.92. The van der Waals surface area contributed by atoms with E-state index in [-0.39, 0.29) is 0 Å². The van der Waals surface area contributed by atoms with E-state index in [9.17, 15) is 0 Å². The summed E-state index contributed by atoms with van der Waals surface area (Å²) in [7, 11) is 2.18. The van der Waals surface area contributed by atoms with Gasteiger partial charge in [-0.3, -0.25) is 0 Å². The van der Waals surface area contributed by atoms with E-state index in [2.05, 4.69) is 38.8 Å². The van der Waals surface area contributed by atoms with E-state index in [1.165, 1.54) is 31.5 Å². The fourth-order valence-electron chi connectivity index (χ4n) is 1.07. The van der Waals surface area contributed by atoms with Crippen molar-refractivity contribution in [1.82, 2.24) is 4.90 Å². The van der Waals surface area contributed by atoms with Gasteiger partial charge in [0.05, 0.1) is 0 Å². The molecule has 0 N–H and O–H groups in total. The van der Waals surface area contributed by atoms with Crippen LogP contribution in [0, 0.1) is 0 Å². The average molecular weight is 155 g/mol. The van der Waals surface area contributed by atoms with Crippen LogP contribution in [0.2, 0.25) is 0 Å². The van der Waals surface area contributed by atoms with Gasteiger partial charge in [0.15, 0.2) is 0 Å². The molecule has 0 aromatic rings. The molecular weight excluding hydrogens is 134 g/mol. The lowest BCUT2D eigenvalue weighted by Gasteiger charge is -2.13. The zero-order valence-corrected chi connectivity index (χ0v) is 8.35. The molecule has 0 unspecified atom stereocenters. The predicted octanol–water partition coefficient (Wildman–Crippen LogP) is 2.68. The van der Waals surface area contributed by atoms with Crippen molar-refractivity contribution in [2.75, 3.05) is 20.1 Å². The monoisotopic (exact) mass is 155 g/mol. The molecule has 0 amide bonds. The van der Waals surface area contributed by atoms with E-state index in [4.69, 9.17) is 0 Å². The number of nitrogens with zero attached hydrogens (tertiary/aromatic N) is 1. The van der Waals surface area contributed by atoms with Crippen LogP contribution in [0.4, 0.5) is 0 Å². The molecule has 0 aromatic carbocycles. The van der Waals surface area contributed by atoms with Gasteiger partial charge in [-0.05, 0) is 40.3 Å². The van der Waals surface area contributed by atoms with Crippen LogP contribution >= 0.6 is 0 Å². The molecule has 0 aliphatic heterocycles. The third kappa shape index (κ3) is 7.60. The maximum atomic E-state index is 2.37. The highest BCUT2D eigenvalue weighted by atomic mass is 15.1. The van der Waals surface area contributed by atoms with Crippen molar-refractivity contribution < 1.29 is 0 Å². The van der Waals surface area contributed by atoms with Crippen molar-refractivity contribution >= 4 is 0 Å². The second-order valence-corrected chi connectivity index (χ2v) is 3.37. The normalized spacial score (nSPS) is 10.3. The molecule has 0 spiro atoms. The van der Waals surface area contributed by atoms with Gasteiger partial charge in [0.25, 0.3) is 0 Å². The molecule has 0 saturated carbocycles. The van der Waals surface area contributed by atoms with E-state index in [1.54, 1.807) is 0 Å². The number of hydrogen-bond acceptors (Lipinski definition) is 1. The standard InChI is InChI=1S/C10H21N/c1-5-8-11(4)9-6-7-10(2)3/h7H,5-6,8-9H2,1-4H3. The molecule has 0 fully saturated rings. The molecule has 0 aliphatic carbocycles. The third-order valence-electron chi connectivity index (χ3n) is 1.67. The van der Waals surface area contributed by atoms with Crippen molar-refractivity contribution in [2.45, 2.75) is 33.6 Å². The maximum absolute atomic E-state index is 2.37. The maximum Gasteiger partial charge on any atom is 0.00129 e. The molecule has 1 heteroatoms. The molecule has 0 bridgehead atoms. The number of rotatable bonds is 5. The first-order valence-electron chi connectivity index (χ1n) is 4.48. The Labute approximate surface area is 71.1 Å². The first-order chi connectivity index (χ1) is 5.16. The van der Waals surface area contributed by atoms with Crippen molar-refractivity contribution in [3.8, 4) is 0 Å². The van der Waals surface area contributed by atoms with Crippen molar-refractivity contribution in [3.05, 3.63) is 11.6 Å². The van der Waals surface area contributed by atoms with Crippen LogP contribution in [0.25, 0.3) is 0 Å². The van der Waals surface area contributed by atoms with Crippen molar-refractivity contribution in [1.29, 1.82) is 0 Å². The Bertz CT molecular complexity index is 112. The SMILES string of the molecule is CCCN(C)CCC=C(C)C. The van der Waals surface area contributed by atoms with Gasteiger partial charge in [0, 0.05) is 6.54 Å². The second-order valence-electron chi connectivity index (χ2n) is 3.37. The van der Waals surface area contributed by atoms with Crippen LogP contribution in [0.1, 0.15) is 33.6 Å². The smallest absolute Gasteiger partial charge is 0.00129 e. The first-order valence-corrected chi connectivity index (χ1v) is 4.48. The Morgan fingerprint density at radius 1 is 1.27 bits per heavy atom. The molecule has 0 heterocycles. The van der Waals surface area contributed by atoms with E-state index in [0.29, 0.717) is 0 Å². The Balaban J connectivity index is 3.31. The summed E-state index contributed by atoms with van der Waals surface area (Å²) in [5.41, 5.74) is 1.43. The molecule has 1 nitrogen and oxygen atoms in total. The second kappa shape index (κ2) is 6.41. The van der Waals surface area contributed by atoms with E-state index < -0.39 is 0 Å². The van der Waals surface area contributed by atoms with Crippen LogP contribution < -0.4 is 0 Å². The Morgan fingerprint density at radius 3 is 2.36 bits per heavy atom. The summed E-state index contributed by atoms with van der Waals surface area (Å²) in [5.74, 6) is 0. The van der Waals surface area contributed by atoms with Crippen LogP contribution in [0.15, 0.2) is 11.6 Å². The molecule has 11 heavy (non-hydrogen) atoms. The first kappa shape index (κ1) is 10.7. The fourth-order valence-corrected chi connectivity index (χ4v) is 1.07. The Hall–Kier alpha value is -0.300. The summed E-state index contributed by atoms with van der Waals surface area (Å²) >= 11 is 0. The summed E-state index contributed by atoms with van der Waals surface area (Å²) in [4.78, 5) is 2.37. The van der Waals surface area contributed by atoms with Gasteiger partial charge in [-0.1, -0.05) is 18.6 Å². The lowest BCUT2D eigenvalue weighted by Crippen LogP contribution is -2.19. The Kier molecular flexibility index (Phi) is 6.24. The van der Waals surface area contributed by atoms with Crippen LogP contribution in [0.5, 0.6) is 0 Å². The quantitative estimate of drug-likeness (QED) is 0.552. The fraction of sp³-hybridized carbons (Fsp3) is 0.800. The van der Waals surface area contributed by atoms with E-state index in [1.807, 2.05) is 0 Å². The van der Waals surface area contributed by atoms with Crippen molar-refractivity contribution in [2.24, 2.45) is 0 Å². The number of hydrogen-bond donors (Lipinski definition) is 0. The van der Waals surface area contributed by atoms with Gasteiger partial charge >= 0.3 is 0 Å². The zero-order chi connectivity index (χ0) is 8.69. The van der Waals surface area contributed by atoms with Crippen LogP contribution in [0.3, 0.4) is 0 Å². The lowest BCUT2D eigenvalue weighted by atomic mass is 10.2. The summed E-state index contributed by atoms with van der Waals surface area (Å²) in [6.07, 6.45) is 4.75. The summed E-state index contributed by atoms with van der Waals surface area (Å²) in [5, 5.41) is 0. The number of allylic oxidation sites excluding steroid dienone is 1.